The van der Waals surface area contributed by atoms with Gasteiger partial charge in [0.25, 0.3) is 0 Å². The minimum absolute atomic E-state index is 0.352. The van der Waals surface area contributed by atoms with Crippen LogP contribution in [0.25, 0.3) is 0 Å². The zero-order chi connectivity index (χ0) is 14.4. The van der Waals surface area contributed by atoms with Crippen LogP contribution in [0.2, 0.25) is 0 Å². The van der Waals surface area contributed by atoms with Crippen molar-refractivity contribution >= 4 is 0 Å². The molecule has 2 atom stereocenters. The topological polar surface area (TPSA) is 41.0 Å². The number of aryl methyl sites for hydroxylation is 1. The highest BCUT2D eigenvalue weighted by atomic mass is 15.2. The van der Waals surface area contributed by atoms with Gasteiger partial charge in [0.15, 0.2) is 0 Å². The number of nitrogens with zero attached hydrogens (tertiary/aromatic N) is 3. The van der Waals surface area contributed by atoms with Gasteiger partial charge in [-0.2, -0.15) is 0 Å². The first-order valence-corrected chi connectivity index (χ1v) is 7.94. The molecule has 20 heavy (non-hydrogen) atoms. The molecule has 0 radical (unpaired) electrons. The fraction of sp³-hybridized carbons (Fsp3) is 0.750. The number of rotatable bonds is 6. The number of hydrogen-bond donors (Lipinski definition) is 1. The van der Waals surface area contributed by atoms with Crippen molar-refractivity contribution in [2.24, 2.45) is 5.92 Å². The van der Waals surface area contributed by atoms with Crippen LogP contribution in [-0.2, 0) is 0 Å². The number of aromatic nitrogens is 2. The van der Waals surface area contributed by atoms with Gasteiger partial charge in [-0.1, -0.05) is 6.92 Å². The highest BCUT2D eigenvalue weighted by Crippen LogP contribution is 2.23. The molecular formula is C16H28N4. The SMILES string of the molecule is CCCN(CC1CCCNC1)C(C)c1nccnc1C. The van der Waals surface area contributed by atoms with E-state index in [9.17, 15) is 0 Å². The molecular weight excluding hydrogens is 248 g/mol. The lowest BCUT2D eigenvalue weighted by molar-refractivity contribution is 0.160. The summed E-state index contributed by atoms with van der Waals surface area (Å²) in [6.45, 7) is 11.2. The van der Waals surface area contributed by atoms with Gasteiger partial charge in [-0.15, -0.1) is 0 Å². The minimum atomic E-state index is 0.352. The molecule has 0 amide bonds. The smallest absolute Gasteiger partial charge is 0.0784 e. The van der Waals surface area contributed by atoms with Crippen LogP contribution in [0, 0.1) is 12.8 Å². The third-order valence-corrected chi connectivity index (χ3v) is 4.27. The molecule has 0 spiro atoms. The van der Waals surface area contributed by atoms with Crippen LogP contribution in [0.3, 0.4) is 0 Å². The summed E-state index contributed by atoms with van der Waals surface area (Å²) >= 11 is 0. The van der Waals surface area contributed by atoms with E-state index in [0.717, 1.165) is 36.9 Å². The van der Waals surface area contributed by atoms with Gasteiger partial charge in [-0.25, -0.2) is 0 Å². The maximum absolute atomic E-state index is 4.55. The third kappa shape index (κ3) is 4.00. The maximum Gasteiger partial charge on any atom is 0.0784 e. The Kier molecular flexibility index (Phi) is 5.92. The molecule has 2 rings (SSSR count). The van der Waals surface area contributed by atoms with E-state index in [4.69, 9.17) is 0 Å². The van der Waals surface area contributed by atoms with Gasteiger partial charge >= 0.3 is 0 Å². The maximum atomic E-state index is 4.55. The molecule has 1 aromatic heterocycles. The van der Waals surface area contributed by atoms with Gasteiger partial charge in [-0.05, 0) is 58.7 Å². The Hall–Kier alpha value is -1.00. The Labute approximate surface area is 123 Å². The molecule has 0 bridgehead atoms. The Morgan fingerprint density at radius 3 is 2.85 bits per heavy atom. The van der Waals surface area contributed by atoms with Crippen LogP contribution in [-0.4, -0.2) is 41.0 Å². The average molecular weight is 276 g/mol. The van der Waals surface area contributed by atoms with Crippen LogP contribution in [0.4, 0.5) is 0 Å². The zero-order valence-corrected chi connectivity index (χ0v) is 13.1. The number of nitrogens with one attached hydrogen (secondary N) is 1. The predicted molar refractivity (Wildman–Crippen MR) is 82.6 cm³/mol. The summed E-state index contributed by atoms with van der Waals surface area (Å²) in [6.07, 6.45) is 7.43. The van der Waals surface area contributed by atoms with Crippen molar-refractivity contribution in [1.29, 1.82) is 0 Å². The molecule has 1 N–H and O–H groups in total. The van der Waals surface area contributed by atoms with Gasteiger partial charge in [0.1, 0.15) is 0 Å². The van der Waals surface area contributed by atoms with Crippen LogP contribution < -0.4 is 5.32 Å². The minimum Gasteiger partial charge on any atom is -0.316 e. The van der Waals surface area contributed by atoms with E-state index in [-0.39, 0.29) is 0 Å². The molecule has 1 aromatic rings. The lowest BCUT2D eigenvalue weighted by Crippen LogP contribution is -2.40. The van der Waals surface area contributed by atoms with E-state index in [0.29, 0.717) is 6.04 Å². The summed E-state index contributed by atoms with van der Waals surface area (Å²) in [6, 6.07) is 0.352. The van der Waals surface area contributed by atoms with Crippen LogP contribution in [0.5, 0.6) is 0 Å². The molecule has 0 saturated carbocycles. The van der Waals surface area contributed by atoms with Crippen molar-refractivity contribution in [3.05, 3.63) is 23.8 Å². The van der Waals surface area contributed by atoms with Crippen molar-refractivity contribution in [3.8, 4) is 0 Å². The second-order valence-corrected chi connectivity index (χ2v) is 5.91. The highest BCUT2D eigenvalue weighted by molar-refractivity contribution is 5.12. The second-order valence-electron chi connectivity index (χ2n) is 5.91. The Morgan fingerprint density at radius 1 is 1.40 bits per heavy atom. The molecule has 2 heterocycles. The summed E-state index contributed by atoms with van der Waals surface area (Å²) in [4.78, 5) is 11.5. The monoisotopic (exact) mass is 276 g/mol. The molecule has 1 aliphatic rings. The van der Waals surface area contributed by atoms with Crippen molar-refractivity contribution in [2.45, 2.75) is 46.1 Å². The fourth-order valence-electron chi connectivity index (χ4n) is 3.14. The van der Waals surface area contributed by atoms with Gasteiger partial charge in [0.05, 0.1) is 17.4 Å². The van der Waals surface area contributed by atoms with Gasteiger partial charge in [0, 0.05) is 18.9 Å². The van der Waals surface area contributed by atoms with Gasteiger partial charge < -0.3 is 5.32 Å². The molecule has 0 aromatic carbocycles. The summed E-state index contributed by atoms with van der Waals surface area (Å²) < 4.78 is 0. The van der Waals surface area contributed by atoms with E-state index in [1.807, 2.05) is 6.20 Å². The standard InChI is InChI=1S/C16H28N4/c1-4-10-20(12-15-6-5-7-17-11-15)14(3)16-13(2)18-8-9-19-16/h8-9,14-15,17H,4-7,10-12H2,1-3H3. The Morgan fingerprint density at radius 2 is 2.20 bits per heavy atom. The van der Waals surface area contributed by atoms with Crippen LogP contribution in [0.15, 0.2) is 12.4 Å². The highest BCUT2D eigenvalue weighted by Gasteiger charge is 2.23. The molecule has 1 aliphatic heterocycles. The molecule has 4 nitrogen and oxygen atoms in total. The largest absolute Gasteiger partial charge is 0.316 e. The quantitative estimate of drug-likeness (QED) is 0.867. The van der Waals surface area contributed by atoms with E-state index in [1.165, 1.54) is 25.8 Å². The van der Waals surface area contributed by atoms with E-state index < -0.39 is 0 Å². The summed E-state index contributed by atoms with van der Waals surface area (Å²) in [5, 5.41) is 3.52. The molecule has 2 unspecified atom stereocenters. The molecule has 4 heteroatoms. The molecule has 1 saturated heterocycles. The first kappa shape index (κ1) is 15.4. The lowest BCUT2D eigenvalue weighted by atomic mass is 9.98. The summed E-state index contributed by atoms with van der Waals surface area (Å²) in [5.41, 5.74) is 2.19. The van der Waals surface area contributed by atoms with Crippen LogP contribution in [0.1, 0.15) is 50.5 Å². The number of piperidine rings is 1. The fourth-order valence-corrected chi connectivity index (χ4v) is 3.14. The first-order valence-electron chi connectivity index (χ1n) is 7.94. The van der Waals surface area contributed by atoms with Crippen molar-refractivity contribution in [2.75, 3.05) is 26.2 Å². The Balaban J connectivity index is 2.04. The number of hydrogen-bond acceptors (Lipinski definition) is 4. The molecule has 1 fully saturated rings. The molecule has 0 aliphatic carbocycles. The molecule has 112 valence electrons. The predicted octanol–water partition coefficient (Wildman–Crippen LogP) is 2.56. The third-order valence-electron chi connectivity index (χ3n) is 4.27. The van der Waals surface area contributed by atoms with E-state index in [2.05, 4.69) is 41.0 Å². The second kappa shape index (κ2) is 7.70. The van der Waals surface area contributed by atoms with Crippen molar-refractivity contribution < 1.29 is 0 Å². The zero-order valence-electron chi connectivity index (χ0n) is 13.1. The van der Waals surface area contributed by atoms with Gasteiger partial charge in [0.2, 0.25) is 0 Å². The van der Waals surface area contributed by atoms with E-state index >= 15 is 0 Å². The average Bonchev–Trinajstić information content (AvgIpc) is 2.48. The summed E-state index contributed by atoms with van der Waals surface area (Å²) in [5.74, 6) is 0.773. The van der Waals surface area contributed by atoms with Gasteiger partial charge in [-0.3, -0.25) is 14.9 Å². The summed E-state index contributed by atoms with van der Waals surface area (Å²) in [7, 11) is 0. The normalized spacial score (nSPS) is 21.1. The first-order chi connectivity index (χ1) is 9.72. The van der Waals surface area contributed by atoms with E-state index in [1.54, 1.807) is 6.20 Å². The van der Waals surface area contributed by atoms with Crippen molar-refractivity contribution in [1.82, 2.24) is 20.2 Å². The van der Waals surface area contributed by atoms with Crippen LogP contribution >= 0.6 is 0 Å². The lowest BCUT2D eigenvalue weighted by Gasteiger charge is -2.34. The Bertz CT molecular complexity index is 401. The van der Waals surface area contributed by atoms with Crippen molar-refractivity contribution in [3.63, 3.8) is 0 Å².